The standard InChI is InChI=1S/C15H21BrN2O3/c1-9-6-11(9)12-7-10(4-5-13(12)16)18-15(19)17-8-14(20-2)21-3/h4-5,7,9,11,14H,6,8H2,1-3H3,(H2,17,18,19)/t9?,11-/m0/s1. The molecule has 21 heavy (non-hydrogen) atoms. The monoisotopic (exact) mass is 356 g/mol. The summed E-state index contributed by atoms with van der Waals surface area (Å²) < 4.78 is 11.1. The zero-order valence-electron chi connectivity index (χ0n) is 12.5. The van der Waals surface area contributed by atoms with Gasteiger partial charge in [0.2, 0.25) is 0 Å². The number of methoxy groups -OCH3 is 2. The van der Waals surface area contributed by atoms with E-state index >= 15 is 0 Å². The summed E-state index contributed by atoms with van der Waals surface area (Å²) in [5.74, 6) is 1.31. The van der Waals surface area contributed by atoms with E-state index in [4.69, 9.17) is 9.47 Å². The molecule has 0 bridgehead atoms. The molecule has 2 atom stereocenters. The Bertz CT molecular complexity index is 506. The van der Waals surface area contributed by atoms with E-state index in [-0.39, 0.29) is 6.03 Å². The number of ether oxygens (including phenoxy) is 2. The summed E-state index contributed by atoms with van der Waals surface area (Å²) in [5.41, 5.74) is 2.04. The number of halogens is 1. The molecule has 1 aliphatic rings. The number of carbonyl (C=O) groups is 1. The van der Waals surface area contributed by atoms with Gasteiger partial charge in [-0.2, -0.15) is 0 Å². The van der Waals surface area contributed by atoms with Crippen molar-refractivity contribution < 1.29 is 14.3 Å². The van der Waals surface area contributed by atoms with Gasteiger partial charge in [-0.1, -0.05) is 22.9 Å². The van der Waals surface area contributed by atoms with E-state index in [1.807, 2.05) is 18.2 Å². The highest BCUT2D eigenvalue weighted by Crippen LogP contribution is 2.49. The maximum atomic E-state index is 11.8. The first-order chi connectivity index (χ1) is 10.0. The highest BCUT2D eigenvalue weighted by atomic mass is 79.9. The summed E-state index contributed by atoms with van der Waals surface area (Å²) in [7, 11) is 3.07. The Hall–Kier alpha value is -1.11. The lowest BCUT2D eigenvalue weighted by molar-refractivity contribution is -0.0970. The summed E-state index contributed by atoms with van der Waals surface area (Å²) in [6.45, 7) is 2.53. The molecule has 116 valence electrons. The number of anilines is 1. The smallest absolute Gasteiger partial charge is 0.319 e. The summed E-state index contributed by atoms with van der Waals surface area (Å²) in [4.78, 5) is 11.8. The first kappa shape index (κ1) is 16.3. The van der Waals surface area contributed by atoms with Crippen LogP contribution in [0.25, 0.3) is 0 Å². The Balaban J connectivity index is 1.92. The number of hydrogen-bond donors (Lipinski definition) is 2. The van der Waals surface area contributed by atoms with E-state index in [0.717, 1.165) is 16.1 Å². The number of nitrogens with one attached hydrogen (secondary N) is 2. The topological polar surface area (TPSA) is 59.6 Å². The Morgan fingerprint density at radius 2 is 2.10 bits per heavy atom. The zero-order chi connectivity index (χ0) is 15.4. The SMILES string of the molecule is COC(CNC(=O)Nc1ccc(Br)c([C@H]2CC2C)c1)OC. The number of benzene rings is 1. The third-order valence-corrected chi connectivity index (χ3v) is 4.44. The van der Waals surface area contributed by atoms with Crippen LogP contribution in [0.15, 0.2) is 22.7 Å². The highest BCUT2D eigenvalue weighted by molar-refractivity contribution is 9.10. The third-order valence-electron chi connectivity index (χ3n) is 3.72. The van der Waals surface area contributed by atoms with E-state index in [0.29, 0.717) is 12.5 Å². The van der Waals surface area contributed by atoms with Crippen molar-refractivity contribution in [3.8, 4) is 0 Å². The van der Waals surface area contributed by atoms with Gasteiger partial charge in [0.05, 0.1) is 6.54 Å². The molecule has 1 aliphatic carbocycles. The van der Waals surface area contributed by atoms with Crippen LogP contribution in [-0.2, 0) is 9.47 Å². The largest absolute Gasteiger partial charge is 0.354 e. The van der Waals surface area contributed by atoms with E-state index in [9.17, 15) is 4.79 Å². The quantitative estimate of drug-likeness (QED) is 0.768. The maximum Gasteiger partial charge on any atom is 0.319 e. The Labute approximate surface area is 133 Å². The van der Waals surface area contributed by atoms with Crippen LogP contribution in [0.3, 0.4) is 0 Å². The molecule has 2 N–H and O–H groups in total. The first-order valence-corrected chi connectivity index (χ1v) is 7.74. The van der Waals surface area contributed by atoms with Gasteiger partial charge in [0.25, 0.3) is 0 Å². The molecule has 5 nitrogen and oxygen atoms in total. The molecule has 6 heteroatoms. The predicted molar refractivity (Wildman–Crippen MR) is 85.5 cm³/mol. The van der Waals surface area contributed by atoms with Crippen LogP contribution < -0.4 is 10.6 Å². The van der Waals surface area contributed by atoms with Crippen molar-refractivity contribution in [1.82, 2.24) is 5.32 Å². The molecule has 2 rings (SSSR count). The van der Waals surface area contributed by atoms with Crippen LogP contribution in [0.4, 0.5) is 10.5 Å². The van der Waals surface area contributed by atoms with E-state index in [2.05, 4.69) is 33.5 Å². The van der Waals surface area contributed by atoms with Crippen molar-refractivity contribution in [2.24, 2.45) is 5.92 Å². The fourth-order valence-electron chi connectivity index (χ4n) is 2.28. The normalized spacial score (nSPS) is 20.4. The van der Waals surface area contributed by atoms with E-state index in [1.165, 1.54) is 26.2 Å². The van der Waals surface area contributed by atoms with Gasteiger partial charge < -0.3 is 20.1 Å². The molecule has 0 saturated heterocycles. The molecular formula is C15H21BrN2O3. The molecule has 1 aromatic carbocycles. The highest BCUT2D eigenvalue weighted by Gasteiger charge is 2.35. The fraction of sp³-hybridized carbons (Fsp3) is 0.533. The van der Waals surface area contributed by atoms with Crippen LogP contribution in [0, 0.1) is 5.92 Å². The van der Waals surface area contributed by atoms with Gasteiger partial charge in [-0.05, 0) is 42.0 Å². The van der Waals surface area contributed by atoms with Crippen molar-refractivity contribution >= 4 is 27.6 Å². The summed E-state index contributed by atoms with van der Waals surface area (Å²) in [6.07, 6.45) is 0.765. The average molecular weight is 357 g/mol. The molecule has 0 radical (unpaired) electrons. The van der Waals surface area contributed by atoms with Gasteiger partial charge in [-0.25, -0.2) is 4.79 Å². The molecule has 0 aliphatic heterocycles. The van der Waals surface area contributed by atoms with Gasteiger partial charge in [0.15, 0.2) is 6.29 Å². The molecular weight excluding hydrogens is 336 g/mol. The first-order valence-electron chi connectivity index (χ1n) is 6.95. The van der Waals surface area contributed by atoms with Gasteiger partial charge >= 0.3 is 6.03 Å². The molecule has 0 aromatic heterocycles. The van der Waals surface area contributed by atoms with Crippen molar-refractivity contribution in [2.45, 2.75) is 25.6 Å². The van der Waals surface area contributed by atoms with Crippen LogP contribution in [0.1, 0.15) is 24.8 Å². The average Bonchev–Trinajstić information content (AvgIpc) is 3.19. The fourth-order valence-corrected chi connectivity index (χ4v) is 2.82. The van der Waals surface area contributed by atoms with Crippen molar-refractivity contribution in [3.63, 3.8) is 0 Å². The predicted octanol–water partition coefficient (Wildman–Crippen LogP) is 3.31. The second-order valence-electron chi connectivity index (χ2n) is 5.29. The van der Waals surface area contributed by atoms with Crippen LogP contribution in [0.5, 0.6) is 0 Å². The lowest BCUT2D eigenvalue weighted by Crippen LogP contribution is -2.36. The Morgan fingerprint density at radius 3 is 2.67 bits per heavy atom. The van der Waals surface area contributed by atoms with E-state index in [1.54, 1.807) is 0 Å². The van der Waals surface area contributed by atoms with Crippen LogP contribution in [-0.4, -0.2) is 33.1 Å². The molecule has 1 saturated carbocycles. The molecule has 0 heterocycles. The van der Waals surface area contributed by atoms with E-state index < -0.39 is 6.29 Å². The second kappa shape index (κ2) is 7.24. The minimum Gasteiger partial charge on any atom is -0.354 e. The Kier molecular flexibility index (Phi) is 5.61. The summed E-state index contributed by atoms with van der Waals surface area (Å²) in [5, 5.41) is 5.54. The lowest BCUT2D eigenvalue weighted by atomic mass is 10.1. The van der Waals surface area contributed by atoms with Crippen molar-refractivity contribution in [2.75, 3.05) is 26.1 Å². The summed E-state index contributed by atoms with van der Waals surface area (Å²) in [6, 6.07) is 5.61. The summed E-state index contributed by atoms with van der Waals surface area (Å²) >= 11 is 3.57. The van der Waals surface area contributed by atoms with Crippen LogP contribution in [0.2, 0.25) is 0 Å². The Morgan fingerprint density at radius 1 is 1.43 bits per heavy atom. The number of amides is 2. The minimum atomic E-state index is -0.441. The molecule has 1 aromatic rings. The lowest BCUT2D eigenvalue weighted by Gasteiger charge is -2.15. The molecule has 2 amide bonds. The van der Waals surface area contributed by atoms with Crippen molar-refractivity contribution in [1.29, 1.82) is 0 Å². The second-order valence-corrected chi connectivity index (χ2v) is 6.15. The number of hydrogen-bond acceptors (Lipinski definition) is 3. The van der Waals surface area contributed by atoms with Crippen LogP contribution >= 0.6 is 15.9 Å². The number of rotatable bonds is 6. The molecule has 0 spiro atoms. The van der Waals surface area contributed by atoms with Crippen molar-refractivity contribution in [3.05, 3.63) is 28.2 Å². The number of urea groups is 1. The third kappa shape index (κ3) is 4.43. The number of carbonyl (C=O) groups excluding carboxylic acids is 1. The van der Waals surface area contributed by atoms with Gasteiger partial charge in [0, 0.05) is 24.4 Å². The minimum absolute atomic E-state index is 0.272. The van der Waals surface area contributed by atoms with Gasteiger partial charge in [0.1, 0.15) is 0 Å². The molecule has 1 fully saturated rings. The molecule has 1 unspecified atom stereocenters. The van der Waals surface area contributed by atoms with Gasteiger partial charge in [-0.3, -0.25) is 0 Å². The van der Waals surface area contributed by atoms with Gasteiger partial charge in [-0.15, -0.1) is 0 Å². The maximum absolute atomic E-state index is 11.8. The zero-order valence-corrected chi connectivity index (χ0v) is 14.1.